The van der Waals surface area contributed by atoms with Crippen molar-refractivity contribution >= 4 is 11.9 Å². The van der Waals surface area contributed by atoms with Gasteiger partial charge < -0.3 is 20.4 Å². The summed E-state index contributed by atoms with van der Waals surface area (Å²) in [5, 5.41) is 43.6. The first kappa shape index (κ1) is 32.2. The lowest BCUT2D eigenvalue weighted by molar-refractivity contribution is -0.164. The van der Waals surface area contributed by atoms with Gasteiger partial charge in [0.05, 0.1) is 0 Å². The van der Waals surface area contributed by atoms with Crippen LogP contribution in [0.25, 0.3) is 0 Å². The number of phenols is 2. The molecule has 0 aliphatic rings. The maximum absolute atomic E-state index is 12.9. The topological polar surface area (TPSA) is 115 Å². The summed E-state index contributed by atoms with van der Waals surface area (Å²) in [4.78, 5) is 25.8. The lowest BCUT2D eigenvalue weighted by atomic mass is 9.71. The maximum atomic E-state index is 12.9. The molecule has 0 bridgehead atoms. The Bertz CT molecular complexity index is 1160. The lowest BCUT2D eigenvalue weighted by Crippen LogP contribution is -2.43. The number of aliphatic carboxylic acids is 2. The van der Waals surface area contributed by atoms with E-state index in [2.05, 4.69) is 0 Å². The lowest BCUT2D eigenvalue weighted by Gasteiger charge is -2.32. The molecule has 0 spiro atoms. The van der Waals surface area contributed by atoms with Crippen LogP contribution in [0.4, 0.5) is 0 Å². The van der Waals surface area contributed by atoms with Crippen molar-refractivity contribution in [1.29, 1.82) is 0 Å². The fraction of sp³-hybridized carbons (Fsp3) is 0.576. The first-order valence-electron chi connectivity index (χ1n) is 13.5. The molecule has 39 heavy (non-hydrogen) atoms. The second-order valence-corrected chi connectivity index (χ2v) is 15.1. The van der Waals surface area contributed by atoms with Gasteiger partial charge >= 0.3 is 11.9 Å². The van der Waals surface area contributed by atoms with E-state index in [-0.39, 0.29) is 33.5 Å². The van der Waals surface area contributed by atoms with Crippen molar-refractivity contribution in [3.63, 3.8) is 0 Å². The number of hydrogen-bond acceptors (Lipinski definition) is 4. The summed E-state index contributed by atoms with van der Waals surface area (Å²) in [6.45, 7) is 23.8. The fourth-order valence-corrected chi connectivity index (χ4v) is 4.77. The van der Waals surface area contributed by atoms with E-state index in [4.69, 9.17) is 0 Å². The van der Waals surface area contributed by atoms with Crippen LogP contribution in [0.1, 0.15) is 116 Å². The minimum Gasteiger partial charge on any atom is -0.507 e. The quantitative estimate of drug-likeness (QED) is 0.287. The molecule has 0 saturated carbocycles. The Morgan fingerprint density at radius 1 is 0.538 bits per heavy atom. The predicted molar refractivity (Wildman–Crippen MR) is 156 cm³/mol. The Kier molecular flexibility index (Phi) is 8.41. The van der Waals surface area contributed by atoms with Crippen LogP contribution < -0.4 is 0 Å². The molecule has 4 N–H and O–H groups in total. The first-order chi connectivity index (χ1) is 17.3. The summed E-state index contributed by atoms with van der Waals surface area (Å²) < 4.78 is 0. The molecule has 2 aromatic rings. The number of benzene rings is 2. The van der Waals surface area contributed by atoms with Gasteiger partial charge in [-0.05, 0) is 55.0 Å². The molecule has 2 aromatic carbocycles. The van der Waals surface area contributed by atoms with Gasteiger partial charge in [0.15, 0.2) is 5.41 Å². The summed E-state index contributed by atoms with van der Waals surface area (Å²) in [5.74, 6) is -3.23. The van der Waals surface area contributed by atoms with Crippen molar-refractivity contribution in [2.75, 3.05) is 0 Å². The highest BCUT2D eigenvalue weighted by molar-refractivity contribution is 5.99. The average molecular weight is 541 g/mol. The number of rotatable bonds is 6. The standard InChI is InChI=1S/C33H48O6/c1-29(2,3)21-13-19(25(34)23(15-21)31(7,8)9)17-33(27(36)37,28(38)39)18-20-14-22(30(4,5)6)16-24(26(20)35)32(10,11)12/h13-16,34-35H,17-18H2,1-12H3,(H,36,37)(H,38,39). The van der Waals surface area contributed by atoms with E-state index in [0.717, 1.165) is 11.1 Å². The SMILES string of the molecule is CC(C)(C)c1cc(CC(Cc2cc(C(C)(C)C)cc(C(C)(C)C)c2O)(C(=O)O)C(=O)O)c(O)c(C(C)(C)C)c1. The Balaban J connectivity index is 2.89. The third kappa shape index (κ3) is 6.77. The largest absolute Gasteiger partial charge is 0.507 e. The third-order valence-electron chi connectivity index (χ3n) is 7.53. The van der Waals surface area contributed by atoms with Gasteiger partial charge in [-0.3, -0.25) is 9.59 Å². The molecule has 0 radical (unpaired) electrons. The van der Waals surface area contributed by atoms with E-state index in [9.17, 15) is 30.0 Å². The van der Waals surface area contributed by atoms with E-state index in [1.165, 1.54) is 0 Å². The van der Waals surface area contributed by atoms with Crippen LogP contribution in [-0.4, -0.2) is 32.4 Å². The zero-order valence-electron chi connectivity index (χ0n) is 25.8. The molecule has 0 fully saturated rings. The molecule has 6 nitrogen and oxygen atoms in total. The predicted octanol–water partition coefficient (Wildman–Crippen LogP) is 7.23. The fourth-order valence-electron chi connectivity index (χ4n) is 4.77. The van der Waals surface area contributed by atoms with Crippen LogP contribution in [0, 0.1) is 5.41 Å². The van der Waals surface area contributed by atoms with Crippen LogP contribution in [-0.2, 0) is 44.1 Å². The van der Waals surface area contributed by atoms with E-state index >= 15 is 0 Å². The minimum absolute atomic E-state index is 0.0922. The molecule has 6 heteroatoms. The van der Waals surface area contributed by atoms with Crippen molar-refractivity contribution in [1.82, 2.24) is 0 Å². The Hall–Kier alpha value is -3.02. The molecule has 0 unspecified atom stereocenters. The molecular weight excluding hydrogens is 492 g/mol. The third-order valence-corrected chi connectivity index (χ3v) is 7.53. The highest BCUT2D eigenvalue weighted by Gasteiger charge is 2.48. The van der Waals surface area contributed by atoms with Crippen molar-refractivity contribution in [3.8, 4) is 11.5 Å². The molecule has 0 atom stereocenters. The van der Waals surface area contributed by atoms with Crippen molar-refractivity contribution in [2.45, 2.75) is 118 Å². The minimum atomic E-state index is -2.33. The molecule has 216 valence electrons. The van der Waals surface area contributed by atoms with Crippen LogP contribution in [0.15, 0.2) is 24.3 Å². The molecule has 0 aromatic heterocycles. The van der Waals surface area contributed by atoms with E-state index in [1.807, 2.05) is 95.2 Å². The monoisotopic (exact) mass is 540 g/mol. The zero-order valence-corrected chi connectivity index (χ0v) is 25.8. The van der Waals surface area contributed by atoms with Crippen LogP contribution in [0.2, 0.25) is 0 Å². The van der Waals surface area contributed by atoms with Crippen LogP contribution in [0.3, 0.4) is 0 Å². The van der Waals surface area contributed by atoms with Crippen molar-refractivity contribution < 1.29 is 30.0 Å². The highest BCUT2D eigenvalue weighted by atomic mass is 16.4. The molecule has 0 aliphatic heterocycles. The number of carbonyl (C=O) groups is 2. The molecule has 0 amide bonds. The number of aromatic hydroxyl groups is 2. The number of hydrogen-bond donors (Lipinski definition) is 4. The Morgan fingerprint density at radius 2 is 0.821 bits per heavy atom. The molecule has 2 rings (SSSR count). The van der Waals surface area contributed by atoms with Gasteiger partial charge in [-0.2, -0.15) is 0 Å². The Labute approximate surface area is 234 Å². The van der Waals surface area contributed by atoms with Crippen LogP contribution in [0.5, 0.6) is 11.5 Å². The summed E-state index contributed by atoms with van der Waals surface area (Å²) in [6.07, 6.45) is -0.888. The van der Waals surface area contributed by atoms with Gasteiger partial charge in [0.1, 0.15) is 11.5 Å². The van der Waals surface area contributed by atoms with Gasteiger partial charge in [-0.25, -0.2) is 0 Å². The molecular formula is C33H48O6. The average Bonchev–Trinajstić information content (AvgIpc) is 2.71. The van der Waals surface area contributed by atoms with E-state index < -0.39 is 41.0 Å². The normalized spacial score (nSPS) is 13.4. The summed E-state index contributed by atoms with van der Waals surface area (Å²) in [7, 11) is 0. The van der Waals surface area contributed by atoms with Crippen molar-refractivity contribution in [3.05, 3.63) is 57.6 Å². The second-order valence-electron chi connectivity index (χ2n) is 15.1. The van der Waals surface area contributed by atoms with E-state index in [1.54, 1.807) is 12.1 Å². The Morgan fingerprint density at radius 3 is 1.03 bits per heavy atom. The first-order valence-corrected chi connectivity index (χ1v) is 13.5. The zero-order chi connectivity index (χ0) is 30.5. The smallest absolute Gasteiger partial charge is 0.321 e. The number of carboxylic acids is 2. The van der Waals surface area contributed by atoms with Gasteiger partial charge in [0.25, 0.3) is 0 Å². The van der Waals surface area contributed by atoms with Gasteiger partial charge in [-0.1, -0.05) is 107 Å². The highest BCUT2D eigenvalue weighted by Crippen LogP contribution is 2.44. The molecule has 0 heterocycles. The van der Waals surface area contributed by atoms with Gasteiger partial charge in [-0.15, -0.1) is 0 Å². The summed E-state index contributed by atoms with van der Waals surface area (Å²) in [6, 6.07) is 7.26. The number of phenolic OH excluding ortho intramolecular Hbond substituents is 2. The second kappa shape index (κ2) is 10.2. The maximum Gasteiger partial charge on any atom is 0.321 e. The van der Waals surface area contributed by atoms with Crippen molar-refractivity contribution in [2.24, 2.45) is 5.41 Å². The van der Waals surface area contributed by atoms with Gasteiger partial charge in [0.2, 0.25) is 0 Å². The van der Waals surface area contributed by atoms with Gasteiger partial charge in [0, 0.05) is 12.8 Å². The summed E-state index contributed by atoms with van der Waals surface area (Å²) in [5.41, 5.74) is -0.367. The molecule has 0 saturated heterocycles. The van der Waals surface area contributed by atoms with E-state index in [0.29, 0.717) is 11.1 Å². The number of carboxylic acid groups (broad SMARTS) is 2. The summed E-state index contributed by atoms with van der Waals surface area (Å²) >= 11 is 0. The van der Waals surface area contributed by atoms with Crippen LogP contribution >= 0.6 is 0 Å². The molecule has 0 aliphatic carbocycles.